The highest BCUT2D eigenvalue weighted by Crippen LogP contribution is 2.35. The molecule has 0 bridgehead atoms. The van der Waals surface area contributed by atoms with Crippen LogP contribution in [0.15, 0.2) is 33.2 Å². The lowest BCUT2D eigenvalue weighted by atomic mass is 10.3. The molecule has 0 aliphatic rings. The van der Waals surface area contributed by atoms with Crippen LogP contribution < -0.4 is 5.73 Å². The van der Waals surface area contributed by atoms with Crippen molar-refractivity contribution in [2.24, 2.45) is 0 Å². The lowest BCUT2D eigenvalue weighted by Crippen LogP contribution is -1.74. The molecule has 3 aromatic rings. The van der Waals surface area contributed by atoms with Gasteiger partial charge in [-0.2, -0.15) is 0 Å². The molecule has 2 N–H and O–H groups in total. The number of hydrogen-bond acceptors (Lipinski definition) is 4. The van der Waals surface area contributed by atoms with Crippen molar-refractivity contribution in [1.82, 2.24) is 4.98 Å². The third-order valence-corrected chi connectivity index (χ3v) is 4.03. The number of halogens is 1. The molecule has 2 heterocycles. The number of aromatic nitrogens is 1. The molecule has 3 rings (SSSR count). The van der Waals surface area contributed by atoms with Crippen molar-refractivity contribution in [3.63, 3.8) is 0 Å². The van der Waals surface area contributed by atoms with Gasteiger partial charge in [-0.05, 0) is 36.8 Å². The number of nitrogen functional groups attached to an aromatic ring is 1. The molecule has 17 heavy (non-hydrogen) atoms. The Morgan fingerprint density at radius 2 is 2.18 bits per heavy atom. The number of benzene rings is 1. The van der Waals surface area contributed by atoms with Gasteiger partial charge in [0, 0.05) is 4.47 Å². The van der Waals surface area contributed by atoms with Crippen LogP contribution in [0.2, 0.25) is 0 Å². The van der Waals surface area contributed by atoms with E-state index >= 15 is 0 Å². The average molecular weight is 309 g/mol. The fourth-order valence-corrected chi connectivity index (χ4v) is 2.93. The van der Waals surface area contributed by atoms with E-state index in [0.29, 0.717) is 5.89 Å². The Kier molecular flexibility index (Phi) is 2.45. The summed E-state index contributed by atoms with van der Waals surface area (Å²) < 4.78 is 6.72. The fraction of sp³-hybridized carbons (Fsp3) is 0.0833. The molecular weight excluding hydrogens is 300 g/mol. The monoisotopic (exact) mass is 308 g/mol. The first-order chi connectivity index (χ1) is 8.13. The van der Waals surface area contributed by atoms with Crippen molar-refractivity contribution in [1.29, 1.82) is 0 Å². The molecule has 0 saturated heterocycles. The van der Waals surface area contributed by atoms with Crippen molar-refractivity contribution in [3.05, 3.63) is 34.3 Å². The summed E-state index contributed by atoms with van der Waals surface area (Å²) in [5.74, 6) is 0.636. The Bertz CT molecular complexity index is 702. The normalized spacial score (nSPS) is 11.2. The Labute approximate surface area is 110 Å². The molecule has 2 aromatic heterocycles. The number of anilines is 1. The number of rotatable bonds is 1. The number of nitrogens with two attached hydrogens (primary N) is 1. The highest BCUT2D eigenvalue weighted by Gasteiger charge is 2.13. The number of fused-ring (bicyclic) bond motifs is 1. The summed E-state index contributed by atoms with van der Waals surface area (Å²) in [6.45, 7) is 2.01. The molecule has 0 spiro atoms. The first kappa shape index (κ1) is 10.8. The summed E-state index contributed by atoms with van der Waals surface area (Å²) in [7, 11) is 0. The van der Waals surface area contributed by atoms with Crippen LogP contribution in [0.5, 0.6) is 0 Å². The van der Waals surface area contributed by atoms with Gasteiger partial charge in [-0.1, -0.05) is 15.9 Å². The highest BCUT2D eigenvalue weighted by atomic mass is 79.9. The first-order valence-electron chi connectivity index (χ1n) is 5.06. The van der Waals surface area contributed by atoms with Crippen LogP contribution in [-0.4, -0.2) is 4.98 Å². The van der Waals surface area contributed by atoms with Gasteiger partial charge in [0.05, 0.1) is 9.88 Å². The van der Waals surface area contributed by atoms with Crippen molar-refractivity contribution in [2.75, 3.05) is 5.73 Å². The molecule has 0 aliphatic carbocycles. The molecule has 0 radical (unpaired) electrons. The summed E-state index contributed by atoms with van der Waals surface area (Å²) in [4.78, 5) is 5.47. The minimum absolute atomic E-state index is 0.636. The van der Waals surface area contributed by atoms with Crippen LogP contribution in [-0.2, 0) is 0 Å². The van der Waals surface area contributed by atoms with Gasteiger partial charge in [0.1, 0.15) is 5.52 Å². The van der Waals surface area contributed by atoms with Crippen molar-refractivity contribution < 1.29 is 4.42 Å². The second kappa shape index (κ2) is 3.85. The summed E-state index contributed by atoms with van der Waals surface area (Å²) in [5, 5.41) is 0.779. The predicted octanol–water partition coefficient (Wildman–Crippen LogP) is 4.21. The summed E-state index contributed by atoms with van der Waals surface area (Å²) in [6.07, 6.45) is 0. The number of thiophene rings is 1. The predicted molar refractivity (Wildman–Crippen MR) is 74.2 cm³/mol. The standard InChI is InChI=1S/C12H9BrN2OS/c1-6-4-10(14)17-11(6)12-15-8-5-7(13)2-3-9(8)16-12/h2-5H,14H2,1H3. The molecule has 3 nitrogen and oxygen atoms in total. The maximum atomic E-state index is 5.78. The first-order valence-corrected chi connectivity index (χ1v) is 6.67. The van der Waals surface area contributed by atoms with Crippen LogP contribution >= 0.6 is 27.3 Å². The zero-order chi connectivity index (χ0) is 12.0. The maximum absolute atomic E-state index is 5.78. The molecule has 0 atom stereocenters. The summed E-state index contributed by atoms with van der Waals surface area (Å²) in [6, 6.07) is 7.72. The van der Waals surface area contributed by atoms with E-state index in [1.165, 1.54) is 11.3 Å². The van der Waals surface area contributed by atoms with Gasteiger partial charge in [0.15, 0.2) is 5.58 Å². The van der Waals surface area contributed by atoms with Gasteiger partial charge in [-0.15, -0.1) is 11.3 Å². The Hall–Kier alpha value is -1.33. The van der Waals surface area contributed by atoms with Crippen molar-refractivity contribution in [3.8, 4) is 10.8 Å². The fourth-order valence-electron chi connectivity index (χ4n) is 1.72. The van der Waals surface area contributed by atoms with Gasteiger partial charge >= 0.3 is 0 Å². The van der Waals surface area contributed by atoms with Gasteiger partial charge in [0.2, 0.25) is 5.89 Å². The second-order valence-electron chi connectivity index (χ2n) is 3.79. The van der Waals surface area contributed by atoms with E-state index in [1.54, 1.807) is 0 Å². The Balaban J connectivity index is 2.21. The van der Waals surface area contributed by atoms with Crippen LogP contribution in [0.1, 0.15) is 5.56 Å². The second-order valence-corrected chi connectivity index (χ2v) is 5.79. The van der Waals surface area contributed by atoms with Crippen LogP contribution in [0.25, 0.3) is 21.9 Å². The zero-order valence-electron chi connectivity index (χ0n) is 9.03. The molecule has 0 unspecified atom stereocenters. The van der Waals surface area contributed by atoms with Crippen LogP contribution in [0.3, 0.4) is 0 Å². The Morgan fingerprint density at radius 3 is 2.88 bits per heavy atom. The number of oxazole rings is 1. The molecule has 0 aliphatic heterocycles. The minimum Gasteiger partial charge on any atom is -0.435 e. The summed E-state index contributed by atoms with van der Waals surface area (Å²) in [5.41, 5.74) is 8.51. The van der Waals surface area contributed by atoms with E-state index in [1.807, 2.05) is 31.2 Å². The topological polar surface area (TPSA) is 52.0 Å². The third-order valence-electron chi connectivity index (χ3n) is 2.48. The summed E-state index contributed by atoms with van der Waals surface area (Å²) >= 11 is 4.91. The lowest BCUT2D eigenvalue weighted by molar-refractivity contribution is 0.621. The molecule has 1 aromatic carbocycles. The quantitative estimate of drug-likeness (QED) is 0.732. The van der Waals surface area contributed by atoms with E-state index < -0.39 is 0 Å². The van der Waals surface area contributed by atoms with Gasteiger partial charge < -0.3 is 10.2 Å². The van der Waals surface area contributed by atoms with Gasteiger partial charge in [0.25, 0.3) is 0 Å². The van der Waals surface area contributed by atoms with Crippen LogP contribution in [0.4, 0.5) is 5.00 Å². The van der Waals surface area contributed by atoms with Crippen LogP contribution in [0, 0.1) is 6.92 Å². The van der Waals surface area contributed by atoms with Crippen molar-refractivity contribution in [2.45, 2.75) is 6.92 Å². The van der Waals surface area contributed by atoms with E-state index in [0.717, 1.165) is 31.0 Å². The number of hydrogen-bond donors (Lipinski definition) is 1. The number of nitrogens with zero attached hydrogens (tertiary/aromatic N) is 1. The highest BCUT2D eigenvalue weighted by molar-refractivity contribution is 9.10. The molecule has 5 heteroatoms. The third kappa shape index (κ3) is 1.85. The van der Waals surface area contributed by atoms with E-state index in [9.17, 15) is 0 Å². The largest absolute Gasteiger partial charge is 0.435 e. The SMILES string of the molecule is Cc1cc(N)sc1-c1nc2cc(Br)ccc2o1. The van der Waals surface area contributed by atoms with E-state index in [-0.39, 0.29) is 0 Å². The Morgan fingerprint density at radius 1 is 1.35 bits per heavy atom. The number of aryl methyl sites for hydroxylation is 1. The average Bonchev–Trinajstić information content (AvgIpc) is 2.80. The molecule has 86 valence electrons. The molecule has 0 saturated carbocycles. The maximum Gasteiger partial charge on any atom is 0.237 e. The molecule has 0 fully saturated rings. The van der Waals surface area contributed by atoms with E-state index in [2.05, 4.69) is 20.9 Å². The minimum atomic E-state index is 0.636. The van der Waals surface area contributed by atoms with Crippen molar-refractivity contribution >= 4 is 43.4 Å². The smallest absolute Gasteiger partial charge is 0.237 e. The lowest BCUT2D eigenvalue weighted by Gasteiger charge is -1.89. The van der Waals surface area contributed by atoms with Gasteiger partial charge in [-0.25, -0.2) is 4.98 Å². The zero-order valence-corrected chi connectivity index (χ0v) is 11.4. The van der Waals surface area contributed by atoms with E-state index in [4.69, 9.17) is 10.2 Å². The molecule has 0 amide bonds. The molecular formula is C12H9BrN2OS. The van der Waals surface area contributed by atoms with Gasteiger partial charge in [-0.3, -0.25) is 0 Å².